The van der Waals surface area contributed by atoms with E-state index in [0.717, 1.165) is 0 Å². The molecule has 0 saturated carbocycles. The van der Waals surface area contributed by atoms with Gasteiger partial charge in [0.05, 0.1) is 18.1 Å². The molecule has 26 heavy (non-hydrogen) atoms. The summed E-state index contributed by atoms with van der Waals surface area (Å²) in [7, 11) is 1.55. The Balaban J connectivity index is 1.92. The molecule has 0 unspecified atom stereocenters. The molecule has 5 heteroatoms. The molecule has 1 aliphatic heterocycles. The zero-order valence-electron chi connectivity index (χ0n) is 15.2. The molecule has 0 aliphatic carbocycles. The summed E-state index contributed by atoms with van der Waals surface area (Å²) in [5, 5.41) is 0. The fourth-order valence-corrected chi connectivity index (χ4v) is 2.38. The van der Waals surface area contributed by atoms with Gasteiger partial charge >= 0.3 is 5.97 Å². The maximum Gasteiger partial charge on any atom is 0.316 e. The third-order valence-corrected chi connectivity index (χ3v) is 3.90. The maximum atomic E-state index is 12.6. The van der Waals surface area contributed by atoms with Crippen LogP contribution in [0, 0.1) is 5.41 Å². The number of hydrogen-bond donors (Lipinski definition) is 0. The Morgan fingerprint density at radius 3 is 2.54 bits per heavy atom. The Morgan fingerprint density at radius 2 is 1.85 bits per heavy atom. The Kier molecular flexibility index (Phi) is 4.55. The van der Waals surface area contributed by atoms with E-state index < -0.39 is 5.41 Å². The average molecular weight is 352 g/mol. The molecule has 1 aliphatic rings. The number of carbonyl (C=O) groups excluding carboxylic acids is 2. The molecule has 0 spiro atoms. The molecule has 2 aromatic rings. The minimum absolute atomic E-state index is 0.174. The Morgan fingerprint density at radius 1 is 1.12 bits per heavy atom. The second kappa shape index (κ2) is 6.67. The predicted molar refractivity (Wildman–Crippen MR) is 97.5 cm³/mol. The van der Waals surface area contributed by atoms with Crippen LogP contribution in [0.25, 0.3) is 6.08 Å². The van der Waals surface area contributed by atoms with E-state index in [0.29, 0.717) is 28.4 Å². The van der Waals surface area contributed by atoms with Crippen LogP contribution in [-0.4, -0.2) is 18.9 Å². The van der Waals surface area contributed by atoms with E-state index in [1.54, 1.807) is 76.4 Å². The first kappa shape index (κ1) is 17.7. The topological polar surface area (TPSA) is 61.8 Å². The van der Waals surface area contributed by atoms with Crippen LogP contribution in [0.1, 0.15) is 36.7 Å². The highest BCUT2D eigenvalue weighted by Crippen LogP contribution is 2.35. The first-order valence-corrected chi connectivity index (χ1v) is 8.23. The van der Waals surface area contributed by atoms with Crippen LogP contribution in [0.5, 0.6) is 17.2 Å². The molecule has 134 valence electrons. The molecule has 5 nitrogen and oxygen atoms in total. The van der Waals surface area contributed by atoms with Crippen molar-refractivity contribution in [2.24, 2.45) is 5.41 Å². The largest absolute Gasteiger partial charge is 0.497 e. The van der Waals surface area contributed by atoms with Gasteiger partial charge in [-0.2, -0.15) is 0 Å². The summed E-state index contributed by atoms with van der Waals surface area (Å²) in [6.45, 7) is 5.35. The van der Waals surface area contributed by atoms with E-state index >= 15 is 0 Å². The minimum Gasteiger partial charge on any atom is -0.497 e. The van der Waals surface area contributed by atoms with Gasteiger partial charge in [0.25, 0.3) is 0 Å². The third kappa shape index (κ3) is 3.47. The van der Waals surface area contributed by atoms with Crippen molar-refractivity contribution in [1.29, 1.82) is 0 Å². The van der Waals surface area contributed by atoms with Gasteiger partial charge < -0.3 is 14.2 Å². The van der Waals surface area contributed by atoms with Crippen molar-refractivity contribution in [2.75, 3.05) is 7.11 Å². The van der Waals surface area contributed by atoms with E-state index in [1.165, 1.54) is 0 Å². The lowest BCUT2D eigenvalue weighted by atomic mass is 9.97. The van der Waals surface area contributed by atoms with E-state index in [9.17, 15) is 9.59 Å². The number of hydrogen-bond acceptors (Lipinski definition) is 5. The number of fused-ring (bicyclic) bond motifs is 1. The third-order valence-electron chi connectivity index (χ3n) is 3.90. The Hall–Kier alpha value is -3.08. The highest BCUT2D eigenvalue weighted by atomic mass is 16.5. The van der Waals surface area contributed by atoms with Gasteiger partial charge in [0.15, 0.2) is 5.76 Å². The van der Waals surface area contributed by atoms with Crippen LogP contribution in [0.4, 0.5) is 0 Å². The van der Waals surface area contributed by atoms with Crippen LogP contribution >= 0.6 is 0 Å². The first-order valence-electron chi connectivity index (χ1n) is 8.23. The molecule has 0 atom stereocenters. The van der Waals surface area contributed by atoms with Crippen molar-refractivity contribution in [3.63, 3.8) is 0 Å². The molecule has 1 heterocycles. The number of allylic oxidation sites excluding steroid dienone is 1. The summed E-state index contributed by atoms with van der Waals surface area (Å²) >= 11 is 0. The summed E-state index contributed by atoms with van der Waals surface area (Å²) in [6.07, 6.45) is 1.58. The van der Waals surface area contributed by atoms with E-state index in [1.807, 2.05) is 0 Å². The van der Waals surface area contributed by atoms with Gasteiger partial charge in [0, 0.05) is 11.6 Å². The predicted octanol–water partition coefficient (Wildman–Crippen LogP) is 4.26. The number of para-hydroxylation sites is 1. The molecule has 0 aromatic heterocycles. The van der Waals surface area contributed by atoms with Crippen molar-refractivity contribution in [3.8, 4) is 17.2 Å². The van der Waals surface area contributed by atoms with Gasteiger partial charge in [-0.25, -0.2) is 0 Å². The van der Waals surface area contributed by atoms with Crippen molar-refractivity contribution in [1.82, 2.24) is 0 Å². The lowest BCUT2D eigenvalue weighted by Crippen LogP contribution is -2.25. The van der Waals surface area contributed by atoms with Crippen LogP contribution in [0.15, 0.2) is 48.2 Å². The molecule has 3 rings (SSSR count). The van der Waals surface area contributed by atoms with E-state index in [4.69, 9.17) is 14.2 Å². The first-order chi connectivity index (χ1) is 12.3. The number of rotatable bonds is 3. The summed E-state index contributed by atoms with van der Waals surface area (Å²) in [5.74, 6) is 1.04. The van der Waals surface area contributed by atoms with Gasteiger partial charge in [-0.1, -0.05) is 18.2 Å². The lowest BCUT2D eigenvalue weighted by Gasteiger charge is -2.17. The smallest absolute Gasteiger partial charge is 0.316 e. The zero-order valence-corrected chi connectivity index (χ0v) is 15.2. The van der Waals surface area contributed by atoms with Crippen LogP contribution < -0.4 is 14.2 Å². The van der Waals surface area contributed by atoms with Crippen LogP contribution in [0.2, 0.25) is 0 Å². The number of esters is 1. The molecule has 0 saturated heterocycles. The van der Waals surface area contributed by atoms with Crippen molar-refractivity contribution < 1.29 is 23.8 Å². The fourth-order valence-electron chi connectivity index (χ4n) is 2.38. The van der Waals surface area contributed by atoms with Crippen LogP contribution in [0.3, 0.4) is 0 Å². The molecular formula is C21H20O5. The van der Waals surface area contributed by atoms with Gasteiger partial charge in [-0.15, -0.1) is 0 Å². The second-order valence-corrected chi connectivity index (χ2v) is 6.98. The minimum atomic E-state index is -0.632. The van der Waals surface area contributed by atoms with Gasteiger partial charge in [0.1, 0.15) is 17.2 Å². The second-order valence-electron chi connectivity index (χ2n) is 6.98. The lowest BCUT2D eigenvalue weighted by molar-refractivity contribution is -0.143. The number of Topliss-reactive ketones (excluding diaryl/α,β-unsaturated/α-hetero) is 1. The van der Waals surface area contributed by atoms with Crippen molar-refractivity contribution in [2.45, 2.75) is 20.8 Å². The van der Waals surface area contributed by atoms with Crippen molar-refractivity contribution >= 4 is 17.8 Å². The Labute approximate surface area is 152 Å². The zero-order chi connectivity index (χ0) is 18.9. The summed E-state index contributed by atoms with van der Waals surface area (Å²) in [5.41, 5.74) is 0.432. The summed E-state index contributed by atoms with van der Waals surface area (Å²) in [4.78, 5) is 24.7. The molecular weight excluding hydrogens is 332 g/mol. The highest BCUT2D eigenvalue weighted by molar-refractivity contribution is 6.14. The molecule has 2 aromatic carbocycles. The number of ether oxygens (including phenoxy) is 3. The monoisotopic (exact) mass is 352 g/mol. The van der Waals surface area contributed by atoms with E-state index in [2.05, 4.69) is 0 Å². The number of ketones is 1. The fraction of sp³-hybridized carbons (Fsp3) is 0.238. The average Bonchev–Trinajstić information content (AvgIpc) is 2.91. The molecule has 0 radical (unpaired) electrons. The van der Waals surface area contributed by atoms with Crippen LogP contribution in [-0.2, 0) is 4.79 Å². The summed E-state index contributed by atoms with van der Waals surface area (Å²) in [6, 6.07) is 12.1. The summed E-state index contributed by atoms with van der Waals surface area (Å²) < 4.78 is 16.3. The maximum absolute atomic E-state index is 12.6. The SMILES string of the molecule is COc1ccc2c(c1)O/C(=C\c1ccccc1OC(=O)C(C)(C)C)C2=O. The number of benzene rings is 2. The van der Waals surface area contributed by atoms with E-state index in [-0.39, 0.29) is 17.5 Å². The van der Waals surface area contributed by atoms with Gasteiger partial charge in [-0.05, 0) is 45.0 Å². The molecule has 0 N–H and O–H groups in total. The van der Waals surface area contributed by atoms with Gasteiger partial charge in [0.2, 0.25) is 5.78 Å². The molecule has 0 amide bonds. The molecule has 0 bridgehead atoms. The Bertz CT molecular complexity index is 903. The van der Waals surface area contributed by atoms with Crippen molar-refractivity contribution in [3.05, 3.63) is 59.4 Å². The van der Waals surface area contributed by atoms with Gasteiger partial charge in [-0.3, -0.25) is 9.59 Å². The quantitative estimate of drug-likeness (QED) is 0.469. The molecule has 0 fully saturated rings. The number of methoxy groups -OCH3 is 1. The standard InChI is InChI=1S/C21H20O5/c1-21(2,3)20(23)26-16-8-6-5-7-13(16)11-18-19(22)15-10-9-14(24-4)12-17(15)25-18/h5-12H,1-4H3/b18-11-. The number of carbonyl (C=O) groups is 2. The highest BCUT2D eigenvalue weighted by Gasteiger charge is 2.29. The normalized spacial score (nSPS) is 14.8.